The lowest BCUT2D eigenvalue weighted by atomic mass is 9.84. The quantitative estimate of drug-likeness (QED) is 0.918. The number of carbonyl (C=O) groups excluding carboxylic acids is 1. The van der Waals surface area contributed by atoms with E-state index in [4.69, 9.17) is 4.74 Å². The van der Waals surface area contributed by atoms with E-state index in [-0.39, 0.29) is 11.4 Å². The zero-order valence-electron chi connectivity index (χ0n) is 12.6. The number of methoxy groups -OCH3 is 1. The molecule has 0 atom stereocenters. The molecule has 1 aromatic rings. The minimum Gasteiger partial charge on any atom is -0.497 e. The van der Waals surface area contributed by atoms with Crippen LogP contribution in [0.1, 0.15) is 32.3 Å². The van der Waals surface area contributed by atoms with Crippen molar-refractivity contribution in [2.24, 2.45) is 0 Å². The predicted molar refractivity (Wildman–Crippen MR) is 80.2 cm³/mol. The molecular formula is C16H24N2O2. The Morgan fingerprint density at radius 3 is 2.40 bits per heavy atom. The summed E-state index contributed by atoms with van der Waals surface area (Å²) in [6, 6.07) is 8.09. The van der Waals surface area contributed by atoms with Gasteiger partial charge in [-0.15, -0.1) is 0 Å². The number of ether oxygens (including phenoxy) is 1. The van der Waals surface area contributed by atoms with Gasteiger partial charge in [-0.3, -0.25) is 0 Å². The van der Waals surface area contributed by atoms with Gasteiger partial charge in [-0.25, -0.2) is 4.79 Å². The molecule has 0 spiro atoms. The van der Waals surface area contributed by atoms with Crippen molar-refractivity contribution in [3.63, 3.8) is 0 Å². The van der Waals surface area contributed by atoms with Crippen molar-refractivity contribution < 1.29 is 9.53 Å². The van der Waals surface area contributed by atoms with E-state index in [2.05, 4.69) is 31.3 Å². The third-order valence-corrected chi connectivity index (χ3v) is 3.95. The molecule has 1 aromatic carbocycles. The van der Waals surface area contributed by atoms with Gasteiger partial charge in [0.15, 0.2) is 0 Å². The predicted octanol–water partition coefficient (Wildman–Crippen LogP) is 2.78. The van der Waals surface area contributed by atoms with Crippen LogP contribution < -0.4 is 10.1 Å². The number of hydrogen-bond donors (Lipinski definition) is 1. The molecule has 0 saturated carbocycles. The van der Waals surface area contributed by atoms with Crippen LogP contribution in [0.3, 0.4) is 0 Å². The fraction of sp³-hybridized carbons (Fsp3) is 0.562. The van der Waals surface area contributed by atoms with Gasteiger partial charge in [0.2, 0.25) is 0 Å². The molecule has 0 aliphatic carbocycles. The molecule has 0 radical (unpaired) electrons. The lowest BCUT2D eigenvalue weighted by Crippen LogP contribution is -2.43. The fourth-order valence-electron chi connectivity index (χ4n) is 2.47. The summed E-state index contributed by atoms with van der Waals surface area (Å²) in [5, 5.41) is 3.05. The first-order chi connectivity index (χ1) is 9.53. The molecule has 20 heavy (non-hydrogen) atoms. The molecule has 110 valence electrons. The van der Waals surface area contributed by atoms with Crippen molar-refractivity contribution in [1.82, 2.24) is 10.2 Å². The van der Waals surface area contributed by atoms with Crippen LogP contribution in [0.25, 0.3) is 0 Å². The standard InChI is InChI=1S/C16H24N2O2/c1-16(2,13-6-8-14(20-3)9-7-13)12-17-15(19)18-10-4-5-11-18/h6-9H,4-5,10-12H2,1-3H3,(H,17,19). The zero-order chi connectivity index (χ0) is 14.6. The summed E-state index contributed by atoms with van der Waals surface area (Å²) in [7, 11) is 1.66. The number of likely N-dealkylation sites (tertiary alicyclic amines) is 1. The minimum atomic E-state index is -0.0956. The van der Waals surface area contributed by atoms with Crippen molar-refractivity contribution in [3.05, 3.63) is 29.8 Å². The van der Waals surface area contributed by atoms with E-state index in [1.165, 1.54) is 5.56 Å². The van der Waals surface area contributed by atoms with Crippen LogP contribution in [0.2, 0.25) is 0 Å². The van der Waals surface area contributed by atoms with Crippen LogP contribution in [0, 0.1) is 0 Å². The highest BCUT2D eigenvalue weighted by atomic mass is 16.5. The Hall–Kier alpha value is -1.71. The Labute approximate surface area is 121 Å². The summed E-state index contributed by atoms with van der Waals surface area (Å²) in [5.74, 6) is 0.852. The molecule has 1 aliphatic rings. The summed E-state index contributed by atoms with van der Waals surface area (Å²) >= 11 is 0. The van der Waals surface area contributed by atoms with E-state index >= 15 is 0 Å². The Balaban J connectivity index is 1.93. The van der Waals surface area contributed by atoms with Crippen LogP contribution in [0.4, 0.5) is 4.79 Å². The van der Waals surface area contributed by atoms with Crippen molar-refractivity contribution in [2.75, 3.05) is 26.7 Å². The first-order valence-electron chi connectivity index (χ1n) is 7.20. The average Bonchev–Trinajstić information content (AvgIpc) is 2.99. The van der Waals surface area contributed by atoms with Crippen LogP contribution in [0.5, 0.6) is 5.75 Å². The molecule has 1 N–H and O–H groups in total. The molecule has 4 heteroatoms. The minimum absolute atomic E-state index is 0.0593. The third kappa shape index (κ3) is 3.44. The fourth-order valence-corrected chi connectivity index (χ4v) is 2.47. The Morgan fingerprint density at radius 2 is 1.85 bits per heavy atom. The molecule has 1 fully saturated rings. The maximum absolute atomic E-state index is 12.0. The van der Waals surface area contributed by atoms with Crippen LogP contribution >= 0.6 is 0 Å². The Bertz CT molecular complexity index is 448. The number of nitrogens with zero attached hydrogens (tertiary/aromatic N) is 1. The number of amides is 2. The van der Waals surface area contributed by atoms with Crippen molar-refractivity contribution in [3.8, 4) is 5.75 Å². The maximum Gasteiger partial charge on any atom is 0.317 e. The molecule has 2 amide bonds. The van der Waals surface area contributed by atoms with Crippen LogP contribution in [-0.2, 0) is 5.41 Å². The summed E-state index contributed by atoms with van der Waals surface area (Å²) in [6.07, 6.45) is 2.24. The number of hydrogen-bond acceptors (Lipinski definition) is 2. The second kappa shape index (κ2) is 6.16. The molecule has 0 aromatic heterocycles. The van der Waals surface area contributed by atoms with Crippen LogP contribution in [-0.4, -0.2) is 37.7 Å². The Kier molecular flexibility index (Phi) is 4.53. The zero-order valence-corrected chi connectivity index (χ0v) is 12.6. The monoisotopic (exact) mass is 276 g/mol. The highest BCUT2D eigenvalue weighted by Gasteiger charge is 2.24. The maximum atomic E-state index is 12.0. The van der Waals surface area contributed by atoms with Crippen molar-refractivity contribution in [1.29, 1.82) is 0 Å². The normalized spacial score (nSPS) is 15.2. The SMILES string of the molecule is COc1ccc(C(C)(C)CNC(=O)N2CCCC2)cc1. The van der Waals surface area contributed by atoms with E-state index in [1.807, 2.05) is 17.0 Å². The summed E-state index contributed by atoms with van der Waals surface area (Å²) in [6.45, 7) is 6.68. The molecule has 1 saturated heterocycles. The highest BCUT2D eigenvalue weighted by molar-refractivity contribution is 5.74. The third-order valence-electron chi connectivity index (χ3n) is 3.95. The molecule has 1 aliphatic heterocycles. The van der Waals surface area contributed by atoms with Gasteiger partial charge in [0.1, 0.15) is 5.75 Å². The number of carbonyl (C=O) groups is 1. The molecule has 1 heterocycles. The largest absolute Gasteiger partial charge is 0.497 e. The number of urea groups is 1. The van der Waals surface area contributed by atoms with E-state index in [0.717, 1.165) is 31.7 Å². The van der Waals surface area contributed by atoms with Gasteiger partial charge in [0.05, 0.1) is 7.11 Å². The van der Waals surface area contributed by atoms with E-state index in [0.29, 0.717) is 6.54 Å². The van der Waals surface area contributed by atoms with Crippen molar-refractivity contribution in [2.45, 2.75) is 32.1 Å². The highest BCUT2D eigenvalue weighted by Crippen LogP contribution is 2.24. The smallest absolute Gasteiger partial charge is 0.317 e. The first-order valence-corrected chi connectivity index (χ1v) is 7.20. The molecule has 2 rings (SSSR count). The molecular weight excluding hydrogens is 252 g/mol. The van der Waals surface area contributed by atoms with Gasteiger partial charge in [-0.2, -0.15) is 0 Å². The number of rotatable bonds is 4. The molecule has 0 bridgehead atoms. The van der Waals surface area contributed by atoms with Gasteiger partial charge in [-0.05, 0) is 30.5 Å². The van der Waals surface area contributed by atoms with E-state index in [9.17, 15) is 4.79 Å². The van der Waals surface area contributed by atoms with Crippen molar-refractivity contribution >= 4 is 6.03 Å². The van der Waals surface area contributed by atoms with E-state index in [1.54, 1.807) is 7.11 Å². The van der Waals surface area contributed by atoms with Crippen LogP contribution in [0.15, 0.2) is 24.3 Å². The first kappa shape index (κ1) is 14.7. The topological polar surface area (TPSA) is 41.6 Å². The second-order valence-electron chi connectivity index (χ2n) is 5.97. The van der Waals surface area contributed by atoms with E-state index < -0.39 is 0 Å². The lowest BCUT2D eigenvalue weighted by Gasteiger charge is -2.27. The summed E-state index contributed by atoms with van der Waals surface area (Å²) < 4.78 is 5.17. The van der Waals surface area contributed by atoms with Gasteiger partial charge in [0.25, 0.3) is 0 Å². The van der Waals surface area contributed by atoms with Gasteiger partial charge in [-0.1, -0.05) is 26.0 Å². The lowest BCUT2D eigenvalue weighted by molar-refractivity contribution is 0.206. The summed E-state index contributed by atoms with van der Waals surface area (Å²) in [4.78, 5) is 13.9. The second-order valence-corrected chi connectivity index (χ2v) is 5.97. The van der Waals surface area contributed by atoms with Gasteiger partial charge < -0.3 is 15.0 Å². The van der Waals surface area contributed by atoms with Gasteiger partial charge >= 0.3 is 6.03 Å². The van der Waals surface area contributed by atoms with Gasteiger partial charge in [0, 0.05) is 25.0 Å². The average molecular weight is 276 g/mol. The molecule has 4 nitrogen and oxygen atoms in total. The number of nitrogens with one attached hydrogen (secondary N) is 1. The molecule has 0 unspecified atom stereocenters. The Morgan fingerprint density at radius 1 is 1.25 bits per heavy atom. The number of benzene rings is 1. The summed E-state index contributed by atoms with van der Waals surface area (Å²) in [5.41, 5.74) is 1.10.